The van der Waals surface area contributed by atoms with E-state index in [0.717, 1.165) is 29.0 Å². The van der Waals surface area contributed by atoms with Gasteiger partial charge in [0.05, 0.1) is 18.6 Å². The normalized spacial score (nSPS) is 16.9. The van der Waals surface area contributed by atoms with E-state index in [2.05, 4.69) is 10.4 Å². The van der Waals surface area contributed by atoms with Crippen LogP contribution in [-0.4, -0.2) is 27.8 Å². The van der Waals surface area contributed by atoms with Gasteiger partial charge in [0.25, 0.3) is 0 Å². The fraction of sp³-hybridized carbons (Fsp3) is 0.292. The van der Waals surface area contributed by atoms with Crippen molar-refractivity contribution in [3.63, 3.8) is 0 Å². The predicted octanol–water partition coefficient (Wildman–Crippen LogP) is 3.91. The third-order valence-corrected chi connectivity index (χ3v) is 6.18. The molecule has 1 radical (unpaired) electrons. The minimum Gasteiger partial charge on any atom is -0.388 e. The van der Waals surface area contributed by atoms with Crippen molar-refractivity contribution in [2.45, 2.75) is 44.2 Å². The van der Waals surface area contributed by atoms with Gasteiger partial charge in [0.15, 0.2) is 5.78 Å². The number of aliphatic hydroxyl groups excluding tert-OH is 1. The number of benzene rings is 2. The predicted molar refractivity (Wildman–Crippen MR) is 116 cm³/mol. The molecular weight excluding hydrogens is 485 g/mol. The average molecular weight is 508 g/mol. The number of anilines is 1. The van der Waals surface area contributed by atoms with E-state index in [1.165, 1.54) is 11.3 Å². The second-order valence-electron chi connectivity index (χ2n) is 7.48. The minimum atomic E-state index is -0.622. The van der Waals surface area contributed by atoms with E-state index in [0.29, 0.717) is 18.5 Å². The number of aliphatic hydroxyl groups is 1. The fourth-order valence-corrected chi connectivity index (χ4v) is 4.47. The number of hydrogen-bond acceptors (Lipinski definition) is 5. The zero-order valence-electron chi connectivity index (χ0n) is 17.1. The summed E-state index contributed by atoms with van der Waals surface area (Å²) in [5.74, 6) is -0.191. The zero-order chi connectivity index (χ0) is 20.9. The van der Waals surface area contributed by atoms with Crippen molar-refractivity contribution in [3.8, 4) is 0 Å². The molecule has 4 rings (SSSR count). The van der Waals surface area contributed by atoms with Crippen molar-refractivity contribution in [1.29, 1.82) is 0 Å². The molecule has 0 spiro atoms. The molecule has 2 unspecified atom stereocenters. The molecule has 1 fully saturated rings. The monoisotopic (exact) mass is 508 g/mol. The van der Waals surface area contributed by atoms with Gasteiger partial charge < -0.3 is 26.3 Å². The van der Waals surface area contributed by atoms with Crippen LogP contribution in [0.25, 0.3) is 0 Å². The van der Waals surface area contributed by atoms with Crippen molar-refractivity contribution in [2.75, 3.05) is 4.90 Å². The van der Waals surface area contributed by atoms with Crippen molar-refractivity contribution in [1.82, 2.24) is 4.98 Å². The molecular formula is C24H23N2O3SY-. The first kappa shape index (κ1) is 23.9. The van der Waals surface area contributed by atoms with Crippen LogP contribution in [-0.2, 0) is 55.1 Å². The summed E-state index contributed by atoms with van der Waals surface area (Å²) in [5.41, 5.74) is 2.55. The summed E-state index contributed by atoms with van der Waals surface area (Å²) in [6.45, 7) is 0. The molecule has 1 aliphatic heterocycles. The van der Waals surface area contributed by atoms with Crippen LogP contribution in [0.4, 0.5) is 5.69 Å². The Morgan fingerprint density at radius 3 is 2.55 bits per heavy atom. The number of hydrogen-bond donors (Lipinski definition) is 1. The summed E-state index contributed by atoms with van der Waals surface area (Å²) < 4.78 is 0. The van der Waals surface area contributed by atoms with Crippen LogP contribution >= 0.6 is 11.3 Å². The Kier molecular flexibility index (Phi) is 8.67. The Hall–Kier alpha value is -1.73. The van der Waals surface area contributed by atoms with Crippen LogP contribution in [0.2, 0.25) is 0 Å². The Balaban J connectivity index is 0.00000272. The van der Waals surface area contributed by atoms with Crippen LogP contribution in [0.3, 0.4) is 0 Å². The number of carbonyl (C=O) groups is 2. The molecule has 0 bridgehead atoms. The number of rotatable bonds is 8. The first-order valence-corrected chi connectivity index (χ1v) is 10.9. The summed E-state index contributed by atoms with van der Waals surface area (Å²) in [7, 11) is 0. The summed E-state index contributed by atoms with van der Waals surface area (Å²) in [6, 6.07) is 16.7. The zero-order valence-corrected chi connectivity index (χ0v) is 20.8. The van der Waals surface area contributed by atoms with Crippen LogP contribution in [0.5, 0.6) is 0 Å². The number of aromatic nitrogens is 1. The van der Waals surface area contributed by atoms with E-state index < -0.39 is 12.1 Å². The molecule has 2 atom stereocenters. The average Bonchev–Trinajstić information content (AvgIpc) is 3.37. The molecule has 1 aromatic heterocycles. The van der Waals surface area contributed by atoms with Gasteiger partial charge in [-0.3, -0.25) is 9.59 Å². The molecule has 1 saturated heterocycles. The smallest absolute Gasteiger partial charge is 0.235 e. The molecule has 2 heterocycles. The molecule has 157 valence electrons. The number of amides is 1. The van der Waals surface area contributed by atoms with E-state index in [1.807, 2.05) is 54.6 Å². The molecule has 2 aromatic carbocycles. The molecule has 7 heteroatoms. The van der Waals surface area contributed by atoms with Crippen LogP contribution in [0.15, 0.2) is 60.8 Å². The first-order chi connectivity index (χ1) is 14.6. The van der Waals surface area contributed by atoms with Crippen molar-refractivity contribution in [2.24, 2.45) is 0 Å². The second-order valence-corrected chi connectivity index (χ2v) is 8.39. The van der Waals surface area contributed by atoms with Gasteiger partial charge in [0.1, 0.15) is 0 Å². The van der Waals surface area contributed by atoms with Crippen molar-refractivity contribution in [3.05, 3.63) is 82.3 Å². The number of ketones is 1. The quantitative estimate of drug-likeness (QED) is 0.370. The molecule has 1 N–H and O–H groups in total. The van der Waals surface area contributed by atoms with E-state index in [1.54, 1.807) is 11.1 Å². The maximum atomic E-state index is 12.5. The molecule has 5 nitrogen and oxygen atoms in total. The van der Waals surface area contributed by atoms with Gasteiger partial charge in [-0.25, -0.2) is 0 Å². The third kappa shape index (κ3) is 5.95. The van der Waals surface area contributed by atoms with E-state index in [9.17, 15) is 14.7 Å². The molecule has 0 saturated carbocycles. The molecule has 0 aliphatic carbocycles. The van der Waals surface area contributed by atoms with Gasteiger partial charge in [-0.15, -0.1) is 0 Å². The number of nitrogens with zero attached hydrogens (tertiary/aromatic N) is 2. The molecule has 1 amide bonds. The Morgan fingerprint density at radius 2 is 1.87 bits per heavy atom. The van der Waals surface area contributed by atoms with E-state index in [-0.39, 0.29) is 50.8 Å². The molecule has 3 aromatic rings. The number of aryl methyl sites for hydroxylation is 1. The second kappa shape index (κ2) is 11.2. The van der Waals surface area contributed by atoms with Crippen LogP contribution in [0, 0.1) is 5.38 Å². The van der Waals surface area contributed by atoms with Crippen molar-refractivity contribution >= 4 is 28.7 Å². The number of carbonyl (C=O) groups excluding carboxylic acids is 2. The Bertz CT molecular complexity index is 993. The molecule has 1 aliphatic rings. The minimum absolute atomic E-state index is 0. The van der Waals surface area contributed by atoms with Gasteiger partial charge in [-0.2, -0.15) is 5.38 Å². The van der Waals surface area contributed by atoms with Gasteiger partial charge in [0, 0.05) is 44.8 Å². The van der Waals surface area contributed by atoms with E-state index in [4.69, 9.17) is 0 Å². The van der Waals surface area contributed by atoms with Crippen LogP contribution < -0.4 is 4.90 Å². The summed E-state index contributed by atoms with van der Waals surface area (Å²) in [4.78, 5) is 30.7. The summed E-state index contributed by atoms with van der Waals surface area (Å²) in [5, 5.41) is 14.5. The summed E-state index contributed by atoms with van der Waals surface area (Å²) >= 11 is 1.48. The van der Waals surface area contributed by atoms with Gasteiger partial charge in [-0.1, -0.05) is 66.5 Å². The van der Waals surface area contributed by atoms with Gasteiger partial charge >= 0.3 is 0 Å². The van der Waals surface area contributed by atoms with Crippen LogP contribution in [0.1, 0.15) is 41.5 Å². The van der Waals surface area contributed by atoms with E-state index >= 15 is 0 Å². The third-order valence-electron chi connectivity index (χ3n) is 5.41. The number of Topliss-reactive ketones (excluding diaryl/α,β-unsaturated/α-hetero) is 1. The summed E-state index contributed by atoms with van der Waals surface area (Å²) in [6.07, 6.45) is 3.70. The van der Waals surface area contributed by atoms with Gasteiger partial charge in [-0.05, 0) is 29.7 Å². The number of thiazole rings is 1. The maximum absolute atomic E-state index is 12.5. The Labute approximate surface area is 211 Å². The standard InChI is InChI=1S/C24H23N2O3S.Y/c27-21(15-17-5-2-1-3-6-17)18-9-11-19(12-10-18)26-20(22(28)16-24(26)29)7-4-8-23-25-13-14-30-23;/h1-3,5-6,9-13,20-21,27H,4,7-8,15-16H2;/q-1;. The van der Waals surface area contributed by atoms with Gasteiger partial charge in [0.2, 0.25) is 5.91 Å². The molecule has 31 heavy (non-hydrogen) atoms. The maximum Gasteiger partial charge on any atom is 0.235 e. The largest absolute Gasteiger partial charge is 0.388 e. The first-order valence-electron chi connectivity index (χ1n) is 10.1. The Morgan fingerprint density at radius 1 is 1.13 bits per heavy atom. The fourth-order valence-electron chi connectivity index (χ4n) is 3.88. The topological polar surface area (TPSA) is 70.5 Å². The van der Waals surface area contributed by atoms with Crippen molar-refractivity contribution < 1.29 is 47.4 Å². The SMILES string of the molecule is O=C1CC(=O)N(c2ccc(C(O)Cc3ccccc3)cc2)C1CCCc1nc[c-]s1.[Y].